The van der Waals surface area contributed by atoms with Gasteiger partial charge < -0.3 is 4.57 Å². The van der Waals surface area contributed by atoms with Gasteiger partial charge in [0.25, 0.3) is 0 Å². The molecule has 4 nitrogen and oxygen atoms in total. The number of nitrogens with zero attached hydrogens (tertiary/aromatic N) is 3. The molecule has 1 fully saturated rings. The molecule has 0 unspecified atom stereocenters. The van der Waals surface area contributed by atoms with Crippen LogP contribution >= 0.6 is 7.14 Å². The van der Waals surface area contributed by atoms with E-state index in [9.17, 15) is 4.57 Å². The molecule has 1 aliphatic rings. The molecule has 264 valence electrons. The highest BCUT2D eigenvalue weighted by Gasteiger charge is 2.36. The minimum atomic E-state index is -2.42. The molecule has 8 aromatic rings. The maximum absolute atomic E-state index is 13.2. The van der Waals surface area contributed by atoms with Crippen LogP contribution in [0.4, 0.5) is 0 Å². The lowest BCUT2D eigenvalue weighted by molar-refractivity contribution is 0.346. The van der Waals surface area contributed by atoms with Crippen molar-refractivity contribution in [1.82, 2.24) is 15.0 Å². The highest BCUT2D eigenvalue weighted by atomic mass is 31.2. The lowest BCUT2D eigenvalue weighted by Gasteiger charge is -2.39. The van der Waals surface area contributed by atoms with Crippen LogP contribution < -0.4 is 5.30 Å². The van der Waals surface area contributed by atoms with Crippen molar-refractivity contribution < 1.29 is 4.57 Å². The Morgan fingerprint density at radius 1 is 0.444 bits per heavy atom. The molecular weight excluding hydrogens is 678 g/mol. The summed E-state index contributed by atoms with van der Waals surface area (Å²) in [6.45, 7) is 3.71. The molecule has 1 saturated carbocycles. The summed E-state index contributed by atoms with van der Waals surface area (Å²) in [5.74, 6) is 2.00. The molecule has 0 spiro atoms. The van der Waals surface area contributed by atoms with Gasteiger partial charge in [-0.05, 0) is 70.0 Å². The van der Waals surface area contributed by atoms with Gasteiger partial charge in [-0.25, -0.2) is 15.0 Å². The molecule has 0 radical (unpaired) electrons. The number of benzene rings is 7. The molecule has 1 aliphatic carbocycles. The molecule has 0 N–H and O–H groups in total. The number of fused-ring (bicyclic) bond motifs is 2. The monoisotopic (exact) mass is 719 g/mol. The van der Waals surface area contributed by atoms with Crippen LogP contribution in [0.5, 0.6) is 0 Å². The van der Waals surface area contributed by atoms with E-state index in [-0.39, 0.29) is 5.41 Å². The molecule has 0 bridgehead atoms. The summed E-state index contributed by atoms with van der Waals surface area (Å²) < 4.78 is 13.2. The summed E-state index contributed by atoms with van der Waals surface area (Å²) >= 11 is 0. The molecule has 0 atom stereocenters. The van der Waals surface area contributed by atoms with E-state index in [1.807, 2.05) is 37.6 Å². The highest BCUT2D eigenvalue weighted by Crippen LogP contribution is 2.46. The first-order valence-electron chi connectivity index (χ1n) is 19.0. The van der Waals surface area contributed by atoms with Gasteiger partial charge in [0, 0.05) is 27.4 Å². The zero-order chi connectivity index (χ0) is 36.7. The van der Waals surface area contributed by atoms with E-state index in [4.69, 9.17) is 15.0 Å². The van der Waals surface area contributed by atoms with Crippen molar-refractivity contribution in [3.8, 4) is 45.3 Å². The Labute approximate surface area is 317 Å². The maximum atomic E-state index is 13.2. The first-order valence-corrected chi connectivity index (χ1v) is 21.6. The first kappa shape index (κ1) is 34.1. The molecule has 1 heterocycles. The fourth-order valence-corrected chi connectivity index (χ4v) is 9.78. The third kappa shape index (κ3) is 6.25. The number of hydrogen-bond acceptors (Lipinski definition) is 4. The van der Waals surface area contributed by atoms with Gasteiger partial charge in [0.05, 0.1) is 0 Å². The van der Waals surface area contributed by atoms with Crippen molar-refractivity contribution in [2.45, 2.75) is 37.5 Å². The van der Waals surface area contributed by atoms with E-state index in [2.05, 4.69) is 133 Å². The van der Waals surface area contributed by atoms with E-state index < -0.39 is 7.14 Å². The fraction of sp³-hybridized carbons (Fsp3) is 0.163. The van der Waals surface area contributed by atoms with Crippen molar-refractivity contribution >= 4 is 34.0 Å². The Morgan fingerprint density at radius 3 is 1.65 bits per heavy atom. The second-order valence-electron chi connectivity index (χ2n) is 15.0. The summed E-state index contributed by atoms with van der Waals surface area (Å²) in [6, 6.07) is 55.7. The third-order valence-corrected chi connectivity index (χ3v) is 12.9. The van der Waals surface area contributed by atoms with Crippen LogP contribution in [0.3, 0.4) is 0 Å². The predicted octanol–water partition coefficient (Wildman–Crippen LogP) is 12.3. The molecular formula is C49H42N3OP. The summed E-state index contributed by atoms with van der Waals surface area (Å²) in [7, 11) is -2.42. The van der Waals surface area contributed by atoms with Crippen LogP contribution in [-0.2, 0) is 9.98 Å². The minimum Gasteiger partial charge on any atom is -0.319 e. The standard InChI is InChI=1S/C49H42N3OP/c1-54(2,53)45-31-30-41(42-19-9-10-20-43(42)45)35-22-26-38(27-23-35)49(32-11-4-12-33-49)39-28-24-37(25-29-39)47-50-46(36-15-5-3-6-16-36)51-48(52-47)44-21-13-17-34-14-7-8-18-40(34)44/h3,5-10,13-31H,4,11-12,32-33H2,1-2H3. The largest absolute Gasteiger partial charge is 0.319 e. The van der Waals surface area contributed by atoms with E-state index in [1.165, 1.54) is 41.5 Å². The SMILES string of the molecule is CP(C)(=O)c1ccc(-c2ccc(C3(c4ccc(-c5nc(-c6ccccc6)nc(-c6cccc7ccccc67)n5)cc4)CCCCC3)cc2)c2ccccc12. The normalized spacial score (nSPS) is 14.3. The molecule has 0 aliphatic heterocycles. The molecule has 0 amide bonds. The van der Waals surface area contributed by atoms with E-state index in [0.717, 1.165) is 56.4 Å². The van der Waals surface area contributed by atoms with Gasteiger partial charge in [0.1, 0.15) is 7.14 Å². The van der Waals surface area contributed by atoms with Gasteiger partial charge in [-0.2, -0.15) is 0 Å². The van der Waals surface area contributed by atoms with Crippen molar-refractivity contribution in [3.63, 3.8) is 0 Å². The summed E-state index contributed by atoms with van der Waals surface area (Å²) in [4.78, 5) is 15.2. The van der Waals surface area contributed by atoms with E-state index >= 15 is 0 Å². The minimum absolute atomic E-state index is 0.0687. The van der Waals surface area contributed by atoms with E-state index in [0.29, 0.717) is 17.5 Å². The maximum Gasteiger partial charge on any atom is 0.164 e. The molecule has 54 heavy (non-hydrogen) atoms. The van der Waals surface area contributed by atoms with Gasteiger partial charge in [-0.1, -0.05) is 177 Å². The van der Waals surface area contributed by atoms with Crippen LogP contribution in [0.1, 0.15) is 43.2 Å². The smallest absolute Gasteiger partial charge is 0.164 e. The van der Waals surface area contributed by atoms with Crippen molar-refractivity contribution in [1.29, 1.82) is 0 Å². The number of rotatable bonds is 7. The number of aromatic nitrogens is 3. The Morgan fingerprint density at radius 2 is 0.981 bits per heavy atom. The van der Waals surface area contributed by atoms with Crippen molar-refractivity contribution in [2.75, 3.05) is 13.3 Å². The first-order chi connectivity index (χ1) is 26.4. The summed E-state index contributed by atoms with van der Waals surface area (Å²) in [6.07, 6.45) is 5.89. The lowest BCUT2D eigenvalue weighted by atomic mass is 9.65. The molecule has 7 aromatic carbocycles. The average Bonchev–Trinajstić information content (AvgIpc) is 3.23. The second kappa shape index (κ2) is 13.9. The summed E-state index contributed by atoms with van der Waals surface area (Å²) in [5, 5.41) is 5.45. The molecule has 0 saturated heterocycles. The average molecular weight is 720 g/mol. The van der Waals surface area contributed by atoms with Gasteiger partial charge >= 0.3 is 0 Å². The van der Waals surface area contributed by atoms with Crippen LogP contribution in [0.2, 0.25) is 0 Å². The number of hydrogen-bond donors (Lipinski definition) is 0. The molecule has 1 aromatic heterocycles. The topological polar surface area (TPSA) is 55.7 Å². The van der Waals surface area contributed by atoms with Crippen LogP contribution in [0.15, 0.2) is 158 Å². The van der Waals surface area contributed by atoms with Crippen LogP contribution in [0.25, 0.3) is 66.8 Å². The predicted molar refractivity (Wildman–Crippen MR) is 226 cm³/mol. The Bertz CT molecular complexity index is 2670. The van der Waals surface area contributed by atoms with Gasteiger partial charge in [-0.15, -0.1) is 0 Å². The quantitative estimate of drug-likeness (QED) is 0.154. The van der Waals surface area contributed by atoms with Crippen molar-refractivity contribution in [3.05, 3.63) is 169 Å². The van der Waals surface area contributed by atoms with Gasteiger partial charge in [0.15, 0.2) is 17.5 Å². The summed E-state index contributed by atoms with van der Waals surface area (Å²) in [5.41, 5.74) is 7.90. The Balaban J connectivity index is 1.10. The zero-order valence-corrected chi connectivity index (χ0v) is 31.6. The van der Waals surface area contributed by atoms with E-state index in [1.54, 1.807) is 0 Å². The van der Waals surface area contributed by atoms with Gasteiger partial charge in [0.2, 0.25) is 0 Å². The highest BCUT2D eigenvalue weighted by molar-refractivity contribution is 7.70. The van der Waals surface area contributed by atoms with Crippen molar-refractivity contribution in [2.24, 2.45) is 0 Å². The molecule has 5 heteroatoms. The van der Waals surface area contributed by atoms with Crippen LogP contribution in [-0.4, -0.2) is 28.3 Å². The zero-order valence-electron chi connectivity index (χ0n) is 30.7. The lowest BCUT2D eigenvalue weighted by Crippen LogP contribution is -2.30. The molecule has 9 rings (SSSR count). The Hall–Kier alpha value is -5.70. The Kier molecular flexibility index (Phi) is 8.80. The fourth-order valence-electron chi connectivity index (χ4n) is 8.57. The van der Waals surface area contributed by atoms with Crippen LogP contribution in [0, 0.1) is 0 Å². The third-order valence-electron chi connectivity index (χ3n) is 11.3. The van der Waals surface area contributed by atoms with Gasteiger partial charge in [-0.3, -0.25) is 0 Å². The second-order valence-corrected chi connectivity index (χ2v) is 18.2.